The van der Waals surface area contributed by atoms with E-state index in [2.05, 4.69) is 64.5 Å². The third-order valence-electron chi connectivity index (χ3n) is 5.12. The fraction of sp³-hybridized carbons (Fsp3) is 0.250. The highest BCUT2D eigenvalue weighted by Crippen LogP contribution is 2.36. The van der Waals surface area contributed by atoms with Gasteiger partial charge in [0.1, 0.15) is 12.5 Å². The number of hydrogen-bond acceptors (Lipinski definition) is 3. The van der Waals surface area contributed by atoms with Crippen molar-refractivity contribution in [3.63, 3.8) is 0 Å². The van der Waals surface area contributed by atoms with Crippen LogP contribution in [-0.4, -0.2) is 29.1 Å². The van der Waals surface area contributed by atoms with E-state index >= 15 is 0 Å². The third-order valence-corrected chi connectivity index (χ3v) is 5.12. The molecule has 1 heterocycles. The third kappa shape index (κ3) is 3.75. The van der Waals surface area contributed by atoms with Crippen LogP contribution >= 0.6 is 0 Å². The molecule has 1 unspecified atom stereocenters. The van der Waals surface area contributed by atoms with Crippen LogP contribution in [-0.2, 0) is 6.54 Å². The van der Waals surface area contributed by atoms with Crippen LogP contribution in [0.25, 0.3) is 21.8 Å². The van der Waals surface area contributed by atoms with Gasteiger partial charge in [-0.1, -0.05) is 61.5 Å². The maximum atomic E-state index is 9.69. The number of rotatable bonds is 8. The fourth-order valence-electron chi connectivity index (χ4n) is 3.62. The number of para-hydroxylation sites is 1. The van der Waals surface area contributed by atoms with E-state index in [1.807, 2.05) is 25.1 Å². The average Bonchev–Trinajstić information content (AvgIpc) is 3.06. The Bertz CT molecular complexity index is 1060. The molecule has 0 radical (unpaired) electrons. The predicted octanol–water partition coefficient (Wildman–Crippen LogP) is 4.54. The lowest BCUT2D eigenvalue weighted by molar-refractivity contribution is 0.154. The lowest BCUT2D eigenvalue weighted by Crippen LogP contribution is -2.29. The summed E-state index contributed by atoms with van der Waals surface area (Å²) in [6, 6.07) is 25.2. The molecule has 1 aromatic heterocycles. The van der Waals surface area contributed by atoms with Crippen LogP contribution in [0.2, 0.25) is 0 Å². The zero-order valence-electron chi connectivity index (χ0n) is 16.1. The molecule has 0 aliphatic heterocycles. The van der Waals surface area contributed by atoms with Crippen molar-refractivity contribution in [1.82, 2.24) is 9.88 Å². The Morgan fingerprint density at radius 1 is 0.929 bits per heavy atom. The normalized spacial score (nSPS) is 12.5. The van der Waals surface area contributed by atoms with Crippen LogP contribution in [0.5, 0.6) is 5.75 Å². The Morgan fingerprint density at radius 3 is 2.50 bits per heavy atom. The molecule has 4 nitrogen and oxygen atoms in total. The van der Waals surface area contributed by atoms with Gasteiger partial charge in [-0.3, -0.25) is 5.32 Å². The number of aromatic nitrogens is 1. The first kappa shape index (κ1) is 18.5. The van der Waals surface area contributed by atoms with Crippen LogP contribution in [0.15, 0.2) is 72.8 Å². The van der Waals surface area contributed by atoms with Crippen LogP contribution in [0.4, 0.5) is 0 Å². The molecule has 0 saturated heterocycles. The van der Waals surface area contributed by atoms with Crippen LogP contribution in [0, 0.1) is 0 Å². The molecule has 2 N–H and O–H groups in total. The Labute approximate surface area is 165 Å². The van der Waals surface area contributed by atoms with Crippen LogP contribution in [0.1, 0.15) is 18.9 Å². The van der Waals surface area contributed by atoms with E-state index in [0.29, 0.717) is 13.3 Å². The second-order valence-electron chi connectivity index (χ2n) is 7.04. The lowest BCUT2D eigenvalue weighted by Gasteiger charge is -2.12. The van der Waals surface area contributed by atoms with Gasteiger partial charge in [0.15, 0.2) is 0 Å². The molecule has 3 aromatic carbocycles. The molecule has 0 fully saturated rings. The molecule has 28 heavy (non-hydrogen) atoms. The van der Waals surface area contributed by atoms with Gasteiger partial charge in [0.25, 0.3) is 0 Å². The van der Waals surface area contributed by atoms with Gasteiger partial charge in [0, 0.05) is 29.4 Å². The number of nitrogens with one attached hydrogen (secondary N) is 1. The van der Waals surface area contributed by atoms with Gasteiger partial charge in [0.2, 0.25) is 0 Å². The molecule has 0 saturated carbocycles. The van der Waals surface area contributed by atoms with Crippen molar-refractivity contribution < 1.29 is 9.84 Å². The summed E-state index contributed by atoms with van der Waals surface area (Å²) in [4.78, 5) is 0. The quantitative estimate of drug-likeness (QED) is 0.352. The molecule has 1 atom stereocenters. The lowest BCUT2D eigenvalue weighted by atomic mass is 10.1. The number of fused-ring (bicyclic) bond motifs is 3. The molecule has 0 aliphatic carbocycles. The van der Waals surface area contributed by atoms with Gasteiger partial charge in [-0.15, -0.1) is 0 Å². The van der Waals surface area contributed by atoms with Crippen molar-refractivity contribution in [2.45, 2.75) is 26.0 Å². The zero-order chi connectivity index (χ0) is 19.3. The highest BCUT2D eigenvalue weighted by Gasteiger charge is 2.14. The maximum absolute atomic E-state index is 9.69. The van der Waals surface area contributed by atoms with Crippen molar-refractivity contribution in [3.8, 4) is 5.75 Å². The minimum Gasteiger partial charge on any atom is -0.478 e. The number of benzene rings is 3. The van der Waals surface area contributed by atoms with Crippen molar-refractivity contribution in [2.75, 3.05) is 13.3 Å². The smallest absolute Gasteiger partial charge is 0.139 e. The summed E-state index contributed by atoms with van der Waals surface area (Å²) in [6.45, 7) is 3.68. The number of aliphatic hydroxyl groups is 1. The second kappa shape index (κ2) is 8.46. The summed E-state index contributed by atoms with van der Waals surface area (Å²) in [5.74, 6) is 0.860. The summed E-state index contributed by atoms with van der Waals surface area (Å²) in [5, 5.41) is 15.2. The van der Waals surface area contributed by atoms with Crippen molar-refractivity contribution >= 4 is 21.8 Å². The summed E-state index contributed by atoms with van der Waals surface area (Å²) >= 11 is 0. The van der Waals surface area contributed by atoms with Crippen molar-refractivity contribution in [2.24, 2.45) is 0 Å². The highest BCUT2D eigenvalue weighted by molar-refractivity contribution is 6.11. The number of hydrogen-bond donors (Lipinski definition) is 2. The first-order valence-electron chi connectivity index (χ1n) is 9.83. The summed E-state index contributed by atoms with van der Waals surface area (Å²) in [7, 11) is 0. The zero-order valence-corrected chi connectivity index (χ0v) is 16.1. The van der Waals surface area contributed by atoms with Crippen molar-refractivity contribution in [3.05, 3.63) is 78.4 Å². The molecule has 0 amide bonds. The molecule has 0 spiro atoms. The van der Waals surface area contributed by atoms with E-state index in [4.69, 9.17) is 4.74 Å². The van der Waals surface area contributed by atoms with Gasteiger partial charge in [0.05, 0.1) is 11.6 Å². The molecular weight excluding hydrogens is 348 g/mol. The van der Waals surface area contributed by atoms with Crippen molar-refractivity contribution in [1.29, 1.82) is 0 Å². The predicted molar refractivity (Wildman–Crippen MR) is 115 cm³/mol. The standard InChI is InChI=1S/C24H26N2O2/c1-2-19(27)15-25-17-28-23-14-8-13-22-24(23)20-11-6-7-12-21(20)26(22)16-18-9-4-3-5-10-18/h3-14,19,25,27H,2,15-17H2,1H3. The molecule has 4 heteroatoms. The van der Waals surface area contributed by atoms with E-state index in [0.717, 1.165) is 29.6 Å². The first-order chi connectivity index (χ1) is 13.8. The fourth-order valence-corrected chi connectivity index (χ4v) is 3.62. The molecule has 144 valence electrons. The minimum atomic E-state index is -0.341. The number of aliphatic hydroxyl groups excluding tert-OH is 1. The van der Waals surface area contributed by atoms with E-state index in [9.17, 15) is 5.11 Å². The topological polar surface area (TPSA) is 46.4 Å². The van der Waals surface area contributed by atoms with Gasteiger partial charge in [-0.2, -0.15) is 0 Å². The summed E-state index contributed by atoms with van der Waals surface area (Å²) < 4.78 is 8.40. The number of nitrogens with zero attached hydrogens (tertiary/aromatic N) is 1. The van der Waals surface area contributed by atoms with Gasteiger partial charge < -0.3 is 14.4 Å². The minimum absolute atomic E-state index is 0.341. The van der Waals surface area contributed by atoms with E-state index in [1.165, 1.54) is 16.5 Å². The average molecular weight is 374 g/mol. The van der Waals surface area contributed by atoms with Crippen LogP contribution < -0.4 is 10.1 Å². The molecular formula is C24H26N2O2. The first-order valence-corrected chi connectivity index (χ1v) is 9.83. The monoisotopic (exact) mass is 374 g/mol. The summed E-state index contributed by atoms with van der Waals surface area (Å²) in [6.07, 6.45) is 0.391. The Balaban J connectivity index is 1.70. The van der Waals surface area contributed by atoms with E-state index in [1.54, 1.807) is 0 Å². The van der Waals surface area contributed by atoms with E-state index < -0.39 is 0 Å². The largest absolute Gasteiger partial charge is 0.478 e. The maximum Gasteiger partial charge on any atom is 0.139 e. The molecule has 0 aliphatic rings. The summed E-state index contributed by atoms with van der Waals surface area (Å²) in [5.41, 5.74) is 3.63. The van der Waals surface area contributed by atoms with Gasteiger partial charge >= 0.3 is 0 Å². The second-order valence-corrected chi connectivity index (χ2v) is 7.04. The SMILES string of the molecule is CCC(O)CNCOc1cccc2c1c1ccccc1n2Cc1ccccc1. The van der Waals surface area contributed by atoms with Crippen LogP contribution in [0.3, 0.4) is 0 Å². The Morgan fingerprint density at radius 2 is 1.68 bits per heavy atom. The molecule has 4 rings (SSSR count). The Hall–Kier alpha value is -2.82. The van der Waals surface area contributed by atoms with Gasteiger partial charge in [-0.25, -0.2) is 0 Å². The highest BCUT2D eigenvalue weighted by atomic mass is 16.5. The molecule has 0 bridgehead atoms. The molecule has 4 aromatic rings. The Kier molecular flexibility index (Phi) is 5.60. The number of ether oxygens (including phenoxy) is 1. The van der Waals surface area contributed by atoms with Gasteiger partial charge in [-0.05, 0) is 30.2 Å². The van der Waals surface area contributed by atoms with E-state index in [-0.39, 0.29) is 6.10 Å².